The van der Waals surface area contributed by atoms with E-state index >= 15 is 0 Å². The highest BCUT2D eigenvalue weighted by molar-refractivity contribution is 7.85. The summed E-state index contributed by atoms with van der Waals surface area (Å²) < 4.78 is 30.2. The van der Waals surface area contributed by atoms with Gasteiger partial charge in [0.25, 0.3) is 10.1 Å². The van der Waals surface area contributed by atoms with Crippen molar-refractivity contribution in [2.75, 3.05) is 41.7 Å². The van der Waals surface area contributed by atoms with Crippen LogP contribution in [0.5, 0.6) is 0 Å². The molecule has 0 spiro atoms. The number of rotatable bonds is 10. The zero-order chi connectivity index (χ0) is 16.6. The van der Waals surface area contributed by atoms with Gasteiger partial charge in [-0.1, -0.05) is 0 Å². The second-order valence-corrected chi connectivity index (χ2v) is 6.83. The van der Waals surface area contributed by atoms with Crippen LogP contribution in [0.2, 0.25) is 0 Å². The van der Waals surface area contributed by atoms with E-state index in [1.165, 1.54) is 5.69 Å². The van der Waals surface area contributed by atoms with Crippen molar-refractivity contribution in [3.63, 3.8) is 0 Å². The Bertz CT molecular complexity index is 525. The van der Waals surface area contributed by atoms with Gasteiger partial charge in [0.1, 0.15) is 0 Å². The molecule has 0 unspecified atom stereocenters. The van der Waals surface area contributed by atoms with Crippen molar-refractivity contribution < 1.29 is 13.0 Å². The quantitative estimate of drug-likeness (QED) is 0.528. The van der Waals surface area contributed by atoms with Crippen LogP contribution >= 0.6 is 0 Å². The van der Waals surface area contributed by atoms with Crippen molar-refractivity contribution in [1.82, 2.24) is 0 Å². The third-order valence-corrected chi connectivity index (χ3v) is 4.61. The topological polar surface area (TPSA) is 60.9 Å². The summed E-state index contributed by atoms with van der Waals surface area (Å²) in [7, 11) is -3.84. The summed E-state index contributed by atoms with van der Waals surface area (Å²) in [5.74, 6) is -0.161. The van der Waals surface area contributed by atoms with Crippen molar-refractivity contribution >= 4 is 21.5 Å². The van der Waals surface area contributed by atoms with E-state index in [2.05, 4.69) is 54.8 Å². The van der Waals surface area contributed by atoms with Gasteiger partial charge in [0, 0.05) is 37.6 Å². The van der Waals surface area contributed by atoms with Crippen molar-refractivity contribution in [3.05, 3.63) is 24.3 Å². The minimum absolute atomic E-state index is 0.161. The molecular formula is C16H28N2O3S. The largest absolute Gasteiger partial charge is 0.372 e. The maximum absolute atomic E-state index is 10.7. The maximum Gasteiger partial charge on any atom is 0.264 e. The highest BCUT2D eigenvalue weighted by atomic mass is 32.2. The van der Waals surface area contributed by atoms with Crippen molar-refractivity contribution in [3.8, 4) is 0 Å². The van der Waals surface area contributed by atoms with Crippen LogP contribution in [0.1, 0.15) is 33.6 Å². The Labute approximate surface area is 134 Å². The van der Waals surface area contributed by atoms with E-state index < -0.39 is 10.1 Å². The first kappa shape index (κ1) is 18.8. The van der Waals surface area contributed by atoms with Crippen LogP contribution in [0.3, 0.4) is 0 Å². The summed E-state index contributed by atoms with van der Waals surface area (Å²) in [6.07, 6.45) is 1.22. The second kappa shape index (κ2) is 9.00. The third-order valence-electron chi connectivity index (χ3n) is 3.81. The highest BCUT2D eigenvalue weighted by Gasteiger charge is 2.08. The first-order valence-corrected chi connectivity index (χ1v) is 9.57. The summed E-state index contributed by atoms with van der Waals surface area (Å²) in [6.45, 7) is 10.0. The monoisotopic (exact) mass is 328 g/mol. The van der Waals surface area contributed by atoms with E-state index in [9.17, 15) is 8.42 Å². The van der Waals surface area contributed by atoms with E-state index in [-0.39, 0.29) is 5.75 Å². The SMILES string of the molecule is CCN(CC)c1ccc(N(CC)CCCCS(=O)(=O)O)cc1. The van der Waals surface area contributed by atoms with Crippen molar-refractivity contribution in [2.24, 2.45) is 0 Å². The molecule has 1 rings (SSSR count). The zero-order valence-corrected chi connectivity index (χ0v) is 14.6. The average Bonchev–Trinajstić information content (AvgIpc) is 2.48. The molecule has 0 aliphatic carbocycles. The molecule has 0 heterocycles. The number of nitrogens with zero attached hydrogens (tertiary/aromatic N) is 2. The van der Waals surface area contributed by atoms with Gasteiger partial charge in [-0.3, -0.25) is 4.55 Å². The Morgan fingerprint density at radius 3 is 1.73 bits per heavy atom. The van der Waals surface area contributed by atoms with Gasteiger partial charge in [0.2, 0.25) is 0 Å². The van der Waals surface area contributed by atoms with Gasteiger partial charge in [0.05, 0.1) is 5.75 Å². The molecule has 1 N–H and O–H groups in total. The van der Waals surface area contributed by atoms with Crippen LogP contribution in [0.15, 0.2) is 24.3 Å². The molecule has 22 heavy (non-hydrogen) atoms. The summed E-state index contributed by atoms with van der Waals surface area (Å²) >= 11 is 0. The molecule has 126 valence electrons. The van der Waals surface area contributed by atoms with Gasteiger partial charge in [-0.05, 0) is 57.9 Å². The fourth-order valence-electron chi connectivity index (χ4n) is 2.52. The summed E-state index contributed by atoms with van der Waals surface area (Å²) in [5.41, 5.74) is 2.36. The number of unbranched alkanes of at least 4 members (excludes halogenated alkanes) is 1. The zero-order valence-electron chi connectivity index (χ0n) is 13.8. The average molecular weight is 328 g/mol. The predicted octanol–water partition coefficient (Wildman–Crippen LogP) is 3.03. The minimum atomic E-state index is -3.84. The van der Waals surface area contributed by atoms with Crippen LogP contribution in [-0.2, 0) is 10.1 Å². The Morgan fingerprint density at radius 2 is 1.32 bits per heavy atom. The lowest BCUT2D eigenvalue weighted by atomic mass is 10.2. The number of hydrogen-bond donors (Lipinski definition) is 1. The van der Waals surface area contributed by atoms with Gasteiger partial charge in [0.15, 0.2) is 0 Å². The van der Waals surface area contributed by atoms with Crippen molar-refractivity contribution in [2.45, 2.75) is 33.6 Å². The molecule has 0 aromatic heterocycles. The summed E-state index contributed by atoms with van der Waals surface area (Å²) in [4.78, 5) is 4.52. The van der Waals surface area contributed by atoms with E-state index in [1.807, 2.05) is 0 Å². The number of anilines is 2. The molecule has 0 fully saturated rings. The van der Waals surface area contributed by atoms with E-state index in [1.54, 1.807) is 0 Å². The first-order chi connectivity index (χ1) is 10.4. The molecule has 5 nitrogen and oxygen atoms in total. The Hall–Kier alpha value is -1.27. The molecule has 1 aromatic rings. The lowest BCUT2D eigenvalue weighted by molar-refractivity contribution is 0.480. The number of benzene rings is 1. The van der Waals surface area contributed by atoms with Crippen LogP contribution in [0.25, 0.3) is 0 Å². The second-order valence-electron chi connectivity index (χ2n) is 5.26. The smallest absolute Gasteiger partial charge is 0.264 e. The molecule has 0 saturated carbocycles. The fraction of sp³-hybridized carbons (Fsp3) is 0.625. The van der Waals surface area contributed by atoms with Gasteiger partial charge >= 0.3 is 0 Å². The Balaban J connectivity index is 2.59. The van der Waals surface area contributed by atoms with Crippen LogP contribution < -0.4 is 9.80 Å². The predicted molar refractivity (Wildman–Crippen MR) is 93.5 cm³/mol. The molecule has 6 heteroatoms. The third kappa shape index (κ3) is 6.23. The molecule has 0 aliphatic heterocycles. The highest BCUT2D eigenvalue weighted by Crippen LogP contribution is 2.21. The van der Waals surface area contributed by atoms with Gasteiger partial charge in [-0.25, -0.2) is 0 Å². The van der Waals surface area contributed by atoms with Crippen LogP contribution in [0.4, 0.5) is 11.4 Å². The molecule has 0 saturated heterocycles. The van der Waals surface area contributed by atoms with E-state index in [0.29, 0.717) is 6.42 Å². The molecule has 0 radical (unpaired) electrons. The molecule has 0 aliphatic rings. The van der Waals surface area contributed by atoms with E-state index in [4.69, 9.17) is 4.55 Å². The molecule has 0 amide bonds. The van der Waals surface area contributed by atoms with Crippen LogP contribution in [-0.4, -0.2) is 44.9 Å². The van der Waals surface area contributed by atoms with Gasteiger partial charge in [-0.2, -0.15) is 8.42 Å². The van der Waals surface area contributed by atoms with Gasteiger partial charge < -0.3 is 9.80 Å². The van der Waals surface area contributed by atoms with Crippen molar-refractivity contribution in [1.29, 1.82) is 0 Å². The normalized spacial score (nSPS) is 11.5. The standard InChI is InChI=1S/C16H28N2O3S/c1-4-17(5-2)15-9-11-16(12-10-15)18(6-3)13-7-8-14-22(19,20)21/h9-12H,4-8,13-14H2,1-3H3,(H,19,20,21). The van der Waals surface area contributed by atoms with Gasteiger partial charge in [-0.15, -0.1) is 0 Å². The van der Waals surface area contributed by atoms with Crippen LogP contribution in [0, 0.1) is 0 Å². The molecule has 0 bridgehead atoms. The maximum atomic E-state index is 10.7. The minimum Gasteiger partial charge on any atom is -0.372 e. The summed E-state index contributed by atoms with van der Waals surface area (Å²) in [5, 5.41) is 0. The Morgan fingerprint density at radius 1 is 0.864 bits per heavy atom. The molecule has 1 aromatic carbocycles. The van der Waals surface area contributed by atoms with E-state index in [0.717, 1.165) is 38.3 Å². The fourth-order valence-corrected chi connectivity index (χ4v) is 3.09. The lowest BCUT2D eigenvalue weighted by Gasteiger charge is -2.25. The Kier molecular flexibility index (Phi) is 7.68. The summed E-state index contributed by atoms with van der Waals surface area (Å²) in [6, 6.07) is 8.48. The lowest BCUT2D eigenvalue weighted by Crippen LogP contribution is -2.25. The first-order valence-electron chi connectivity index (χ1n) is 7.96. The molecule has 0 atom stereocenters. The number of hydrogen-bond acceptors (Lipinski definition) is 4. The molecular weight excluding hydrogens is 300 g/mol.